The van der Waals surface area contributed by atoms with Crippen LogP contribution in [-0.4, -0.2) is 20.3 Å². The van der Waals surface area contributed by atoms with E-state index in [1.165, 1.54) is 12.1 Å². The zero-order valence-electron chi connectivity index (χ0n) is 10.1. The molecule has 5 N–H and O–H groups in total. The van der Waals surface area contributed by atoms with Crippen LogP contribution in [0, 0.1) is 11.2 Å². The molecule has 0 spiro atoms. The largest absolute Gasteiger partial charge is 0.384 e. The van der Waals surface area contributed by atoms with Crippen LogP contribution in [0.4, 0.5) is 4.39 Å². The normalized spacial score (nSPS) is 15.4. The molecule has 1 saturated carbocycles. The molecule has 0 amide bonds. The molecule has 0 bridgehead atoms. The van der Waals surface area contributed by atoms with Gasteiger partial charge in [-0.2, -0.15) is 17.9 Å². The fraction of sp³-hybridized carbons (Fsp3) is 0.364. The lowest BCUT2D eigenvalue weighted by Crippen LogP contribution is -2.37. The van der Waals surface area contributed by atoms with E-state index < -0.39 is 16.0 Å². The van der Waals surface area contributed by atoms with Gasteiger partial charge in [-0.3, -0.25) is 5.41 Å². The Morgan fingerprint density at radius 2 is 2.16 bits per heavy atom. The number of rotatable bonds is 6. The smallest absolute Gasteiger partial charge is 0.277 e. The maximum absolute atomic E-state index is 13.7. The number of amidine groups is 1. The maximum Gasteiger partial charge on any atom is 0.277 e. The highest BCUT2D eigenvalue weighted by molar-refractivity contribution is 7.87. The van der Waals surface area contributed by atoms with Gasteiger partial charge in [0.1, 0.15) is 11.7 Å². The lowest BCUT2D eigenvalue weighted by atomic mass is 10.1. The standard InChI is InChI=1S/C11H15FN4O2S/c12-10-5-7(11(13)14)1-2-8(10)6-15-19(17,18)16-9-3-4-9/h1-2,5,9,15-16H,3-4,6H2,(H3,13,14). The van der Waals surface area contributed by atoms with Crippen molar-refractivity contribution in [3.8, 4) is 0 Å². The summed E-state index contributed by atoms with van der Waals surface area (Å²) in [6.45, 7) is -0.147. The second-order valence-corrected chi connectivity index (χ2v) is 5.97. The van der Waals surface area contributed by atoms with Crippen molar-refractivity contribution in [1.82, 2.24) is 9.44 Å². The van der Waals surface area contributed by atoms with Crippen LogP contribution in [0.25, 0.3) is 0 Å². The molecule has 8 heteroatoms. The van der Waals surface area contributed by atoms with E-state index in [4.69, 9.17) is 11.1 Å². The van der Waals surface area contributed by atoms with Crippen molar-refractivity contribution in [2.75, 3.05) is 0 Å². The van der Waals surface area contributed by atoms with Gasteiger partial charge in [0.05, 0.1) is 0 Å². The summed E-state index contributed by atoms with van der Waals surface area (Å²) in [5, 5.41) is 7.18. The Labute approximate surface area is 110 Å². The molecule has 0 unspecified atom stereocenters. The van der Waals surface area contributed by atoms with E-state index in [0.717, 1.165) is 18.9 Å². The average molecular weight is 286 g/mol. The van der Waals surface area contributed by atoms with E-state index in [1.54, 1.807) is 0 Å². The third-order valence-electron chi connectivity index (χ3n) is 2.72. The highest BCUT2D eigenvalue weighted by Gasteiger charge is 2.26. The Bertz CT molecular complexity index is 599. The van der Waals surface area contributed by atoms with Crippen molar-refractivity contribution in [2.24, 2.45) is 5.73 Å². The highest BCUT2D eigenvalue weighted by atomic mass is 32.2. The van der Waals surface area contributed by atoms with E-state index in [2.05, 4.69) is 9.44 Å². The third kappa shape index (κ3) is 3.98. The molecule has 0 saturated heterocycles. The Morgan fingerprint density at radius 3 is 2.68 bits per heavy atom. The summed E-state index contributed by atoms with van der Waals surface area (Å²) in [4.78, 5) is 0. The fourth-order valence-corrected chi connectivity index (χ4v) is 2.60. The first-order valence-electron chi connectivity index (χ1n) is 5.77. The van der Waals surface area contributed by atoms with Crippen molar-refractivity contribution < 1.29 is 12.8 Å². The lowest BCUT2D eigenvalue weighted by molar-refractivity contribution is 0.560. The van der Waals surface area contributed by atoms with Crippen LogP contribution in [0.1, 0.15) is 24.0 Å². The predicted octanol–water partition coefficient (Wildman–Crippen LogP) is 0.196. The van der Waals surface area contributed by atoms with Gasteiger partial charge in [-0.1, -0.05) is 12.1 Å². The number of nitrogens with one attached hydrogen (secondary N) is 3. The molecule has 1 aromatic carbocycles. The first-order chi connectivity index (χ1) is 8.87. The van der Waals surface area contributed by atoms with Crippen LogP contribution in [0.3, 0.4) is 0 Å². The minimum atomic E-state index is -3.59. The monoisotopic (exact) mass is 286 g/mol. The molecule has 1 aromatic rings. The van der Waals surface area contributed by atoms with Crippen molar-refractivity contribution in [3.63, 3.8) is 0 Å². The van der Waals surface area contributed by atoms with E-state index in [1.807, 2.05) is 0 Å². The summed E-state index contributed by atoms with van der Waals surface area (Å²) in [5.74, 6) is -0.830. The number of nitrogens with two attached hydrogens (primary N) is 1. The molecule has 2 rings (SSSR count). The highest BCUT2D eigenvalue weighted by Crippen LogP contribution is 2.19. The average Bonchev–Trinajstić information content (AvgIpc) is 3.10. The molecule has 6 nitrogen and oxygen atoms in total. The number of nitrogen functional groups attached to an aromatic ring is 1. The van der Waals surface area contributed by atoms with Gasteiger partial charge in [-0.15, -0.1) is 0 Å². The molecular weight excluding hydrogens is 271 g/mol. The van der Waals surface area contributed by atoms with Crippen molar-refractivity contribution >= 4 is 16.0 Å². The van der Waals surface area contributed by atoms with Gasteiger partial charge in [0, 0.05) is 23.7 Å². The quantitative estimate of drug-likeness (QED) is 0.443. The molecule has 1 aliphatic carbocycles. The summed E-state index contributed by atoms with van der Waals surface area (Å²) in [6.07, 6.45) is 1.67. The molecule has 0 aromatic heterocycles. The number of hydrogen-bond acceptors (Lipinski definition) is 3. The molecule has 0 heterocycles. The number of halogens is 1. The summed E-state index contributed by atoms with van der Waals surface area (Å²) < 4.78 is 41.4. The lowest BCUT2D eigenvalue weighted by Gasteiger charge is -2.09. The maximum atomic E-state index is 13.7. The summed E-state index contributed by atoms with van der Waals surface area (Å²) in [5.41, 5.74) is 5.70. The van der Waals surface area contributed by atoms with E-state index in [0.29, 0.717) is 0 Å². The van der Waals surface area contributed by atoms with Crippen LogP contribution in [-0.2, 0) is 16.8 Å². The van der Waals surface area contributed by atoms with E-state index in [9.17, 15) is 12.8 Å². The van der Waals surface area contributed by atoms with Crippen LogP contribution in [0.15, 0.2) is 18.2 Å². The molecule has 0 atom stereocenters. The van der Waals surface area contributed by atoms with Gasteiger partial charge in [0.2, 0.25) is 0 Å². The molecule has 104 valence electrons. The van der Waals surface area contributed by atoms with Crippen molar-refractivity contribution in [3.05, 3.63) is 35.1 Å². The van der Waals surface area contributed by atoms with Gasteiger partial charge in [0.25, 0.3) is 10.2 Å². The second kappa shape index (κ2) is 5.24. The van der Waals surface area contributed by atoms with E-state index in [-0.39, 0.29) is 29.5 Å². The minimum Gasteiger partial charge on any atom is -0.384 e. The Hall–Kier alpha value is -1.51. The first kappa shape index (κ1) is 13.9. The SMILES string of the molecule is N=C(N)c1ccc(CNS(=O)(=O)NC2CC2)c(F)c1. The molecule has 19 heavy (non-hydrogen) atoms. The van der Waals surface area contributed by atoms with Gasteiger partial charge in [-0.25, -0.2) is 4.39 Å². The Morgan fingerprint density at radius 1 is 1.47 bits per heavy atom. The van der Waals surface area contributed by atoms with Gasteiger partial charge in [-0.05, 0) is 18.9 Å². The molecule has 1 aliphatic rings. The summed E-state index contributed by atoms with van der Waals surface area (Å²) >= 11 is 0. The van der Waals surface area contributed by atoms with Crippen molar-refractivity contribution in [2.45, 2.75) is 25.4 Å². The van der Waals surface area contributed by atoms with Crippen LogP contribution in [0.5, 0.6) is 0 Å². The number of hydrogen-bond donors (Lipinski definition) is 4. The molecular formula is C11H15FN4O2S. The Kier molecular flexibility index (Phi) is 3.83. The van der Waals surface area contributed by atoms with Gasteiger partial charge < -0.3 is 5.73 Å². The second-order valence-electron chi connectivity index (χ2n) is 4.44. The Balaban J connectivity index is 2.01. The zero-order valence-corrected chi connectivity index (χ0v) is 10.9. The van der Waals surface area contributed by atoms with E-state index >= 15 is 0 Å². The predicted molar refractivity (Wildman–Crippen MR) is 69.3 cm³/mol. The van der Waals surface area contributed by atoms with Gasteiger partial charge in [0.15, 0.2) is 0 Å². The molecule has 1 fully saturated rings. The molecule has 0 aliphatic heterocycles. The third-order valence-corrected chi connectivity index (χ3v) is 3.88. The molecule has 0 radical (unpaired) electrons. The topological polar surface area (TPSA) is 108 Å². The number of benzene rings is 1. The van der Waals surface area contributed by atoms with Crippen LogP contribution in [0.2, 0.25) is 0 Å². The first-order valence-corrected chi connectivity index (χ1v) is 7.25. The minimum absolute atomic E-state index is 0.00226. The van der Waals surface area contributed by atoms with Crippen LogP contribution >= 0.6 is 0 Å². The van der Waals surface area contributed by atoms with Gasteiger partial charge >= 0.3 is 0 Å². The van der Waals surface area contributed by atoms with Crippen molar-refractivity contribution in [1.29, 1.82) is 5.41 Å². The zero-order chi connectivity index (χ0) is 14.0. The summed E-state index contributed by atoms with van der Waals surface area (Å²) in [7, 11) is -3.59. The summed E-state index contributed by atoms with van der Waals surface area (Å²) in [6, 6.07) is 4.00. The fourth-order valence-electron chi connectivity index (χ4n) is 1.49. The van der Waals surface area contributed by atoms with Crippen LogP contribution < -0.4 is 15.2 Å².